The fourth-order valence-electron chi connectivity index (χ4n) is 4.94. The average molecular weight is 318 g/mol. The van der Waals surface area contributed by atoms with Gasteiger partial charge in [0.2, 0.25) is 0 Å². The number of nitrogens with two attached hydrogens (primary N) is 1. The molecule has 1 saturated heterocycles. The monoisotopic (exact) mass is 318 g/mol. The summed E-state index contributed by atoms with van der Waals surface area (Å²) in [5, 5.41) is 0. The van der Waals surface area contributed by atoms with E-state index in [0.717, 1.165) is 13.1 Å². The smallest absolute Gasteiger partial charge is 0.164 e. The minimum Gasteiger partial charge on any atom is -0.396 e. The third kappa shape index (κ3) is 3.42. The Morgan fingerprint density at radius 1 is 1.35 bits per heavy atom. The summed E-state index contributed by atoms with van der Waals surface area (Å²) in [5.74, 6) is -0.424. The number of carbonyl (C=O) groups excluding carboxylic acids is 1. The molecule has 0 spiro atoms. The summed E-state index contributed by atoms with van der Waals surface area (Å²) in [6.45, 7) is 8.95. The summed E-state index contributed by atoms with van der Waals surface area (Å²) in [4.78, 5) is 14.8. The van der Waals surface area contributed by atoms with Gasteiger partial charge >= 0.3 is 0 Å². The fourth-order valence-corrected chi connectivity index (χ4v) is 4.94. The van der Waals surface area contributed by atoms with E-state index < -0.39 is 5.82 Å². The molecule has 1 saturated carbocycles. The molecular weight excluding hydrogens is 291 g/mol. The normalized spacial score (nSPS) is 29.7. The first kappa shape index (κ1) is 16.4. The molecule has 1 aromatic rings. The second-order valence-corrected chi connectivity index (χ2v) is 8.59. The van der Waals surface area contributed by atoms with Crippen molar-refractivity contribution in [3.8, 4) is 0 Å². The average Bonchev–Trinajstić information content (AvgIpc) is 2.67. The van der Waals surface area contributed by atoms with Crippen LogP contribution in [0.3, 0.4) is 0 Å². The predicted octanol–water partition coefficient (Wildman–Crippen LogP) is 3.88. The Morgan fingerprint density at radius 2 is 2.09 bits per heavy atom. The van der Waals surface area contributed by atoms with Crippen molar-refractivity contribution < 1.29 is 9.18 Å². The number of rotatable bonds is 4. The van der Waals surface area contributed by atoms with Gasteiger partial charge in [0.15, 0.2) is 5.78 Å². The molecule has 1 aliphatic heterocycles. The van der Waals surface area contributed by atoms with Gasteiger partial charge < -0.3 is 5.73 Å². The van der Waals surface area contributed by atoms with Gasteiger partial charge in [-0.2, -0.15) is 0 Å². The maximum atomic E-state index is 13.2. The topological polar surface area (TPSA) is 46.3 Å². The summed E-state index contributed by atoms with van der Waals surface area (Å²) >= 11 is 0. The van der Waals surface area contributed by atoms with E-state index in [9.17, 15) is 9.18 Å². The molecule has 126 valence electrons. The lowest BCUT2D eigenvalue weighted by Crippen LogP contribution is -2.35. The number of nitrogens with zero attached hydrogens (tertiary/aromatic N) is 1. The third-order valence-corrected chi connectivity index (χ3v) is 5.47. The van der Waals surface area contributed by atoms with Crippen LogP contribution in [-0.4, -0.2) is 29.8 Å². The highest BCUT2D eigenvalue weighted by molar-refractivity contribution is 5.96. The summed E-state index contributed by atoms with van der Waals surface area (Å²) in [6, 6.07) is 4.84. The fraction of sp³-hybridized carbons (Fsp3) is 0.632. The van der Waals surface area contributed by atoms with Gasteiger partial charge in [-0.1, -0.05) is 20.8 Å². The van der Waals surface area contributed by atoms with Gasteiger partial charge in [0.1, 0.15) is 5.82 Å². The van der Waals surface area contributed by atoms with Gasteiger partial charge in [-0.15, -0.1) is 0 Å². The molecule has 0 amide bonds. The van der Waals surface area contributed by atoms with Crippen molar-refractivity contribution in [2.24, 2.45) is 10.8 Å². The van der Waals surface area contributed by atoms with Crippen molar-refractivity contribution in [1.29, 1.82) is 0 Å². The second kappa shape index (κ2) is 5.59. The van der Waals surface area contributed by atoms with E-state index in [2.05, 4.69) is 25.7 Å². The molecule has 23 heavy (non-hydrogen) atoms. The first-order valence-corrected chi connectivity index (χ1v) is 8.50. The lowest BCUT2D eigenvalue weighted by Gasteiger charge is -2.39. The van der Waals surface area contributed by atoms with Crippen LogP contribution in [0.25, 0.3) is 0 Å². The third-order valence-electron chi connectivity index (χ3n) is 5.47. The van der Waals surface area contributed by atoms with Crippen LogP contribution < -0.4 is 5.73 Å². The predicted molar refractivity (Wildman–Crippen MR) is 90.9 cm³/mol. The molecule has 4 heteroatoms. The molecule has 2 aliphatic rings. The minimum atomic E-state index is -0.468. The Bertz CT molecular complexity index is 628. The van der Waals surface area contributed by atoms with Crippen LogP contribution in [0.1, 0.15) is 56.8 Å². The van der Waals surface area contributed by atoms with Crippen LogP contribution >= 0.6 is 0 Å². The molecule has 2 N–H and O–H groups in total. The standard InChI is InChI=1S/C19H27FN2O/c1-18(2)9-14-10-19(3,11-18)12-22(14)7-6-17(23)13-4-5-15(20)16(21)8-13/h4-5,8,14H,6-7,9-12,21H2,1-3H3. The number of hydrogen-bond acceptors (Lipinski definition) is 3. The van der Waals surface area contributed by atoms with Gasteiger partial charge in [0.05, 0.1) is 5.69 Å². The van der Waals surface area contributed by atoms with E-state index in [4.69, 9.17) is 5.73 Å². The van der Waals surface area contributed by atoms with Crippen molar-refractivity contribution >= 4 is 11.5 Å². The number of benzene rings is 1. The Hall–Kier alpha value is -1.42. The second-order valence-electron chi connectivity index (χ2n) is 8.59. The highest BCUT2D eigenvalue weighted by Crippen LogP contribution is 2.52. The first-order valence-electron chi connectivity index (χ1n) is 8.50. The largest absolute Gasteiger partial charge is 0.396 e. The molecule has 2 unspecified atom stereocenters. The number of likely N-dealkylation sites (tertiary alicyclic amines) is 1. The van der Waals surface area contributed by atoms with Crippen LogP contribution in [0.4, 0.5) is 10.1 Å². The van der Waals surface area contributed by atoms with Crippen molar-refractivity contribution in [3.05, 3.63) is 29.6 Å². The van der Waals surface area contributed by atoms with E-state index in [0.29, 0.717) is 28.9 Å². The highest BCUT2D eigenvalue weighted by atomic mass is 19.1. The van der Waals surface area contributed by atoms with Gasteiger partial charge in [-0.25, -0.2) is 4.39 Å². The van der Waals surface area contributed by atoms with Crippen molar-refractivity contribution in [3.63, 3.8) is 0 Å². The van der Waals surface area contributed by atoms with E-state index in [1.807, 2.05) is 0 Å². The quantitative estimate of drug-likeness (QED) is 0.677. The number of Topliss-reactive ketones (excluding diaryl/α,β-unsaturated/α-hetero) is 1. The number of ketones is 1. The number of hydrogen-bond donors (Lipinski definition) is 1. The van der Waals surface area contributed by atoms with E-state index in [1.54, 1.807) is 0 Å². The molecule has 1 aromatic carbocycles. The number of halogens is 1. The van der Waals surface area contributed by atoms with Crippen LogP contribution in [0.2, 0.25) is 0 Å². The van der Waals surface area contributed by atoms with Gasteiger partial charge in [0.25, 0.3) is 0 Å². The number of fused-ring (bicyclic) bond motifs is 2. The maximum absolute atomic E-state index is 13.2. The zero-order chi connectivity index (χ0) is 16.8. The lowest BCUT2D eigenvalue weighted by atomic mass is 9.65. The molecule has 2 fully saturated rings. The zero-order valence-corrected chi connectivity index (χ0v) is 14.4. The summed E-state index contributed by atoms with van der Waals surface area (Å²) in [7, 11) is 0. The molecule has 3 nitrogen and oxygen atoms in total. The zero-order valence-electron chi connectivity index (χ0n) is 14.4. The Labute approximate surface area is 138 Å². The van der Waals surface area contributed by atoms with Crippen molar-refractivity contribution in [2.75, 3.05) is 18.8 Å². The Kier molecular flexibility index (Phi) is 3.99. The van der Waals surface area contributed by atoms with Gasteiger partial charge in [-0.3, -0.25) is 9.69 Å². The van der Waals surface area contributed by atoms with Crippen molar-refractivity contribution in [1.82, 2.24) is 4.90 Å². The molecule has 1 aliphatic carbocycles. The molecular formula is C19H27FN2O. The van der Waals surface area contributed by atoms with E-state index >= 15 is 0 Å². The summed E-state index contributed by atoms with van der Waals surface area (Å²) in [5.41, 5.74) is 6.89. The summed E-state index contributed by atoms with van der Waals surface area (Å²) in [6.07, 6.45) is 4.18. The van der Waals surface area contributed by atoms with E-state index in [-0.39, 0.29) is 11.5 Å². The maximum Gasteiger partial charge on any atom is 0.164 e. The minimum absolute atomic E-state index is 0.0436. The van der Waals surface area contributed by atoms with Crippen LogP contribution in [0.15, 0.2) is 18.2 Å². The lowest BCUT2D eigenvalue weighted by molar-refractivity contribution is 0.0954. The van der Waals surface area contributed by atoms with Crippen LogP contribution in [0, 0.1) is 16.6 Å². The van der Waals surface area contributed by atoms with Gasteiger partial charge in [0, 0.05) is 31.1 Å². The number of carbonyl (C=O) groups is 1. The molecule has 0 radical (unpaired) electrons. The molecule has 2 atom stereocenters. The Morgan fingerprint density at radius 3 is 2.78 bits per heavy atom. The number of nitrogen functional groups attached to an aromatic ring is 1. The molecule has 0 aromatic heterocycles. The molecule has 3 rings (SSSR count). The first-order chi connectivity index (χ1) is 10.7. The molecule has 2 bridgehead atoms. The highest BCUT2D eigenvalue weighted by Gasteiger charge is 2.49. The summed E-state index contributed by atoms with van der Waals surface area (Å²) < 4.78 is 13.2. The molecule has 1 heterocycles. The number of anilines is 1. The van der Waals surface area contributed by atoms with E-state index in [1.165, 1.54) is 37.5 Å². The Balaban J connectivity index is 1.63. The van der Waals surface area contributed by atoms with Crippen LogP contribution in [-0.2, 0) is 0 Å². The SMILES string of the molecule is CC1(C)CC2CC(C)(CN2CCC(=O)c2ccc(F)c(N)c2)C1. The van der Waals surface area contributed by atoms with Gasteiger partial charge in [-0.05, 0) is 48.3 Å². The van der Waals surface area contributed by atoms with Crippen LogP contribution in [0.5, 0.6) is 0 Å². The van der Waals surface area contributed by atoms with Crippen molar-refractivity contribution in [2.45, 2.75) is 52.5 Å².